The Morgan fingerprint density at radius 1 is 0.968 bits per heavy atom. The van der Waals surface area contributed by atoms with Gasteiger partial charge in [-0.05, 0) is 61.4 Å². The van der Waals surface area contributed by atoms with Gasteiger partial charge in [0.15, 0.2) is 0 Å². The van der Waals surface area contributed by atoms with E-state index in [9.17, 15) is 9.59 Å². The van der Waals surface area contributed by atoms with Gasteiger partial charge in [0.2, 0.25) is 5.56 Å². The summed E-state index contributed by atoms with van der Waals surface area (Å²) in [7, 11) is 1.59. The standard InChI is InChI=1S/C26H24N2O3/c1-17-8-13-24(18(2)14-17)28(26(30)19-9-11-21(31-3)12-10-19)16-20-15-25(29)27-23-7-5-4-6-22(20)23/h4-15H,16H2,1-3H3,(H,27,29). The maximum absolute atomic E-state index is 13.6. The molecular formula is C26H24N2O3. The highest BCUT2D eigenvalue weighted by molar-refractivity contribution is 6.06. The van der Waals surface area contributed by atoms with Crippen LogP contribution in [0.1, 0.15) is 27.0 Å². The number of rotatable bonds is 5. The summed E-state index contributed by atoms with van der Waals surface area (Å²) in [5, 5.41) is 0.916. The van der Waals surface area contributed by atoms with E-state index in [-0.39, 0.29) is 18.0 Å². The van der Waals surface area contributed by atoms with Gasteiger partial charge in [-0.1, -0.05) is 35.9 Å². The molecule has 0 aliphatic heterocycles. The largest absolute Gasteiger partial charge is 0.497 e. The highest BCUT2D eigenvalue weighted by atomic mass is 16.5. The van der Waals surface area contributed by atoms with Crippen molar-refractivity contribution < 1.29 is 9.53 Å². The summed E-state index contributed by atoms with van der Waals surface area (Å²) in [6.45, 7) is 4.29. The van der Waals surface area contributed by atoms with E-state index in [1.54, 1.807) is 42.3 Å². The number of fused-ring (bicyclic) bond motifs is 1. The van der Waals surface area contributed by atoms with Gasteiger partial charge >= 0.3 is 0 Å². The van der Waals surface area contributed by atoms with Gasteiger partial charge in [0.25, 0.3) is 5.91 Å². The summed E-state index contributed by atoms with van der Waals surface area (Å²) in [6, 6.07) is 22.3. The molecule has 0 unspecified atom stereocenters. The van der Waals surface area contributed by atoms with Crippen LogP contribution in [0.2, 0.25) is 0 Å². The van der Waals surface area contributed by atoms with Crippen LogP contribution >= 0.6 is 0 Å². The number of para-hydroxylation sites is 1. The summed E-state index contributed by atoms with van der Waals surface area (Å²) >= 11 is 0. The molecule has 5 heteroatoms. The summed E-state index contributed by atoms with van der Waals surface area (Å²) < 4.78 is 5.22. The van der Waals surface area contributed by atoms with E-state index in [2.05, 4.69) is 11.1 Å². The third kappa shape index (κ3) is 4.21. The number of pyridine rings is 1. The molecule has 0 bridgehead atoms. The van der Waals surface area contributed by atoms with E-state index in [0.717, 1.165) is 33.3 Å². The predicted molar refractivity (Wildman–Crippen MR) is 124 cm³/mol. The Hall–Kier alpha value is -3.86. The quantitative estimate of drug-likeness (QED) is 0.502. The maximum atomic E-state index is 13.6. The van der Waals surface area contributed by atoms with E-state index in [0.29, 0.717) is 11.3 Å². The molecule has 4 rings (SSSR count). The van der Waals surface area contributed by atoms with Crippen LogP contribution in [0, 0.1) is 13.8 Å². The summed E-state index contributed by atoms with van der Waals surface area (Å²) in [6.07, 6.45) is 0. The van der Waals surface area contributed by atoms with Gasteiger partial charge in [-0.25, -0.2) is 0 Å². The first kappa shape index (κ1) is 20.4. The number of aromatic amines is 1. The number of H-pyrrole nitrogens is 1. The van der Waals surface area contributed by atoms with Crippen molar-refractivity contribution >= 4 is 22.5 Å². The van der Waals surface area contributed by atoms with Crippen molar-refractivity contribution in [2.75, 3.05) is 12.0 Å². The van der Waals surface area contributed by atoms with Crippen LogP contribution in [-0.4, -0.2) is 18.0 Å². The van der Waals surface area contributed by atoms with Crippen LogP contribution in [0.15, 0.2) is 77.6 Å². The molecule has 0 aliphatic rings. The monoisotopic (exact) mass is 412 g/mol. The fraction of sp³-hybridized carbons (Fsp3) is 0.154. The minimum Gasteiger partial charge on any atom is -0.497 e. The first-order valence-corrected chi connectivity index (χ1v) is 10.1. The maximum Gasteiger partial charge on any atom is 0.258 e. The van der Waals surface area contributed by atoms with Crippen molar-refractivity contribution in [2.24, 2.45) is 0 Å². The molecule has 3 aromatic carbocycles. The van der Waals surface area contributed by atoms with Crippen LogP contribution in [0.4, 0.5) is 5.69 Å². The zero-order valence-electron chi connectivity index (χ0n) is 17.8. The topological polar surface area (TPSA) is 62.4 Å². The molecule has 156 valence electrons. The first-order chi connectivity index (χ1) is 15.0. The number of methoxy groups -OCH3 is 1. The molecule has 0 saturated carbocycles. The smallest absolute Gasteiger partial charge is 0.258 e. The minimum atomic E-state index is -0.189. The first-order valence-electron chi connectivity index (χ1n) is 10.1. The van der Waals surface area contributed by atoms with Gasteiger partial charge in [-0.2, -0.15) is 0 Å². The summed E-state index contributed by atoms with van der Waals surface area (Å²) in [5.41, 5.74) is 4.84. The van der Waals surface area contributed by atoms with Crippen molar-refractivity contribution in [2.45, 2.75) is 20.4 Å². The predicted octanol–water partition coefficient (Wildman–Crippen LogP) is 5.00. The van der Waals surface area contributed by atoms with E-state index < -0.39 is 0 Å². The Bertz CT molecular complexity index is 1310. The third-order valence-electron chi connectivity index (χ3n) is 5.39. The zero-order chi connectivity index (χ0) is 22.0. The van der Waals surface area contributed by atoms with Crippen LogP contribution in [-0.2, 0) is 6.54 Å². The number of ether oxygens (including phenoxy) is 1. The SMILES string of the molecule is COc1ccc(C(=O)N(Cc2cc(=O)[nH]c3ccccc23)c2ccc(C)cc2C)cc1. The molecule has 5 nitrogen and oxygen atoms in total. The number of anilines is 1. The molecule has 0 atom stereocenters. The molecule has 1 aromatic heterocycles. The lowest BCUT2D eigenvalue weighted by Gasteiger charge is -2.26. The van der Waals surface area contributed by atoms with Gasteiger partial charge in [0.1, 0.15) is 5.75 Å². The zero-order valence-corrected chi connectivity index (χ0v) is 17.8. The van der Waals surface area contributed by atoms with Gasteiger partial charge in [-0.15, -0.1) is 0 Å². The lowest BCUT2D eigenvalue weighted by Crippen LogP contribution is -2.31. The van der Waals surface area contributed by atoms with Crippen LogP contribution in [0.3, 0.4) is 0 Å². The third-order valence-corrected chi connectivity index (χ3v) is 5.39. The Labute approximate surface area is 180 Å². The average molecular weight is 412 g/mol. The average Bonchev–Trinajstić information content (AvgIpc) is 2.77. The highest BCUT2D eigenvalue weighted by Gasteiger charge is 2.21. The molecule has 31 heavy (non-hydrogen) atoms. The van der Waals surface area contributed by atoms with Crippen molar-refractivity contribution in [3.05, 3.63) is 105 Å². The number of carbonyl (C=O) groups excluding carboxylic acids is 1. The molecule has 1 amide bonds. The Morgan fingerprint density at radius 3 is 2.42 bits per heavy atom. The molecule has 1 N–H and O–H groups in total. The number of nitrogens with one attached hydrogen (secondary N) is 1. The Morgan fingerprint density at radius 2 is 1.71 bits per heavy atom. The fourth-order valence-electron chi connectivity index (χ4n) is 3.84. The van der Waals surface area contributed by atoms with Crippen LogP contribution in [0.25, 0.3) is 10.9 Å². The van der Waals surface area contributed by atoms with Gasteiger partial charge in [0, 0.05) is 28.2 Å². The van der Waals surface area contributed by atoms with Gasteiger partial charge in [-0.3, -0.25) is 9.59 Å². The number of aromatic nitrogens is 1. The normalized spacial score (nSPS) is 10.8. The lowest BCUT2D eigenvalue weighted by molar-refractivity contribution is 0.0985. The molecule has 4 aromatic rings. The summed E-state index contributed by atoms with van der Waals surface area (Å²) in [4.78, 5) is 30.5. The summed E-state index contributed by atoms with van der Waals surface area (Å²) in [5.74, 6) is 0.550. The number of amides is 1. The molecule has 0 fully saturated rings. The van der Waals surface area contributed by atoms with E-state index in [1.165, 1.54) is 0 Å². The second kappa shape index (κ2) is 8.48. The Kier molecular flexibility index (Phi) is 5.58. The molecule has 0 spiro atoms. The lowest BCUT2D eigenvalue weighted by atomic mass is 10.0. The number of hydrogen-bond acceptors (Lipinski definition) is 3. The van der Waals surface area contributed by atoms with E-state index in [4.69, 9.17) is 4.74 Å². The highest BCUT2D eigenvalue weighted by Crippen LogP contribution is 2.27. The number of aryl methyl sites for hydroxylation is 2. The van der Waals surface area contributed by atoms with E-state index in [1.807, 2.05) is 50.2 Å². The second-order valence-corrected chi connectivity index (χ2v) is 7.61. The van der Waals surface area contributed by atoms with E-state index >= 15 is 0 Å². The number of nitrogens with zero attached hydrogens (tertiary/aromatic N) is 1. The van der Waals surface area contributed by atoms with Crippen molar-refractivity contribution in [3.8, 4) is 5.75 Å². The van der Waals surface area contributed by atoms with Gasteiger partial charge in [0.05, 0.1) is 13.7 Å². The fourth-order valence-corrected chi connectivity index (χ4v) is 3.84. The molecule has 1 heterocycles. The molecular weight excluding hydrogens is 388 g/mol. The molecule has 0 saturated heterocycles. The second-order valence-electron chi connectivity index (χ2n) is 7.61. The Balaban J connectivity index is 1.83. The molecule has 0 radical (unpaired) electrons. The number of hydrogen-bond donors (Lipinski definition) is 1. The van der Waals surface area contributed by atoms with Crippen LogP contribution in [0.5, 0.6) is 5.75 Å². The number of benzene rings is 3. The minimum absolute atomic E-state index is 0.140. The van der Waals surface area contributed by atoms with Crippen molar-refractivity contribution in [3.63, 3.8) is 0 Å². The van der Waals surface area contributed by atoms with Crippen LogP contribution < -0.4 is 15.2 Å². The van der Waals surface area contributed by atoms with Gasteiger partial charge < -0.3 is 14.6 Å². The van der Waals surface area contributed by atoms with Crippen molar-refractivity contribution in [1.82, 2.24) is 4.98 Å². The van der Waals surface area contributed by atoms with Crippen molar-refractivity contribution in [1.29, 1.82) is 0 Å². The molecule has 0 aliphatic carbocycles. The number of carbonyl (C=O) groups is 1.